The van der Waals surface area contributed by atoms with Gasteiger partial charge in [0.2, 0.25) is 17.7 Å². The maximum atomic E-state index is 14.2. The Morgan fingerprint density at radius 3 is 2.49 bits per heavy atom. The van der Waals surface area contributed by atoms with E-state index in [-0.39, 0.29) is 24.3 Å². The molecule has 2 bridgehead atoms. The Bertz CT molecular complexity index is 1060. The number of nitrogens with zero attached hydrogens (tertiary/aromatic N) is 3. The summed E-state index contributed by atoms with van der Waals surface area (Å²) in [7, 11) is 0. The molecular formula is C31H43N3O5. The maximum absolute atomic E-state index is 14.2. The summed E-state index contributed by atoms with van der Waals surface area (Å²) in [6.07, 6.45) is 6.97. The zero-order valence-corrected chi connectivity index (χ0v) is 23.3. The highest BCUT2D eigenvalue weighted by atomic mass is 16.5. The summed E-state index contributed by atoms with van der Waals surface area (Å²) < 4.78 is 6.59. The average Bonchev–Trinajstić information content (AvgIpc) is 3.59. The average molecular weight is 538 g/mol. The smallest absolute Gasteiger partial charge is 0.248 e. The van der Waals surface area contributed by atoms with Crippen molar-refractivity contribution in [1.82, 2.24) is 14.7 Å². The second-order valence-corrected chi connectivity index (χ2v) is 11.1. The second-order valence-electron chi connectivity index (χ2n) is 11.1. The number of benzene rings is 1. The molecule has 3 heterocycles. The molecule has 3 amide bonds. The van der Waals surface area contributed by atoms with Crippen molar-refractivity contribution in [1.29, 1.82) is 0 Å². The van der Waals surface area contributed by atoms with E-state index in [9.17, 15) is 19.5 Å². The Balaban J connectivity index is 1.68. The van der Waals surface area contributed by atoms with Crippen molar-refractivity contribution in [2.24, 2.45) is 11.8 Å². The number of aliphatic hydroxyl groups excluding tert-OH is 1. The molecule has 6 atom stereocenters. The van der Waals surface area contributed by atoms with Gasteiger partial charge < -0.3 is 24.5 Å². The fraction of sp³-hybridized carbons (Fsp3) is 0.581. The lowest BCUT2D eigenvalue weighted by atomic mass is 9.70. The molecule has 3 saturated heterocycles. The van der Waals surface area contributed by atoms with Gasteiger partial charge >= 0.3 is 0 Å². The van der Waals surface area contributed by atoms with Crippen molar-refractivity contribution < 1.29 is 24.2 Å². The van der Waals surface area contributed by atoms with Crippen LogP contribution in [0.25, 0.3) is 0 Å². The number of ether oxygens (including phenoxy) is 1. The molecule has 1 aromatic carbocycles. The molecule has 39 heavy (non-hydrogen) atoms. The minimum Gasteiger partial charge on any atom is -0.394 e. The molecule has 3 fully saturated rings. The highest BCUT2D eigenvalue weighted by Crippen LogP contribution is 2.59. The van der Waals surface area contributed by atoms with E-state index in [1.54, 1.807) is 28.9 Å². The lowest BCUT2D eigenvalue weighted by Gasteiger charge is -2.38. The SMILES string of the molecule is C=CCN(CCCCC)C(=O)C1N([C@H](C)CO)C(=O)[C@@H]2[C@@H](C(=O)N(CC=C)Cc3ccccc3)[C@H]3CCC12O3. The summed E-state index contributed by atoms with van der Waals surface area (Å²) in [6.45, 7) is 12.9. The Labute approximate surface area is 232 Å². The van der Waals surface area contributed by atoms with Crippen molar-refractivity contribution in [3.8, 4) is 0 Å². The number of likely N-dealkylation sites (tertiary alicyclic amines) is 1. The summed E-state index contributed by atoms with van der Waals surface area (Å²) >= 11 is 0. The number of hydrogen-bond donors (Lipinski definition) is 1. The zero-order chi connectivity index (χ0) is 28.2. The van der Waals surface area contributed by atoms with E-state index in [2.05, 4.69) is 20.1 Å². The van der Waals surface area contributed by atoms with Crippen LogP contribution >= 0.6 is 0 Å². The number of hydrogen-bond acceptors (Lipinski definition) is 5. The van der Waals surface area contributed by atoms with Crippen LogP contribution in [0.3, 0.4) is 0 Å². The van der Waals surface area contributed by atoms with Crippen LogP contribution in [-0.4, -0.2) is 87.6 Å². The molecule has 0 aliphatic carbocycles. The van der Waals surface area contributed by atoms with Gasteiger partial charge in [0.05, 0.1) is 30.6 Å². The molecule has 0 aromatic heterocycles. The van der Waals surface area contributed by atoms with Crippen LogP contribution in [0, 0.1) is 11.8 Å². The molecule has 212 valence electrons. The van der Waals surface area contributed by atoms with Gasteiger partial charge in [-0.25, -0.2) is 0 Å². The Morgan fingerprint density at radius 2 is 1.85 bits per heavy atom. The lowest BCUT2D eigenvalue weighted by Crippen LogP contribution is -2.58. The predicted molar refractivity (Wildman–Crippen MR) is 149 cm³/mol. The molecule has 2 unspecified atom stereocenters. The molecular weight excluding hydrogens is 494 g/mol. The van der Waals surface area contributed by atoms with Gasteiger partial charge in [0, 0.05) is 26.2 Å². The number of aliphatic hydroxyl groups is 1. The second kappa shape index (κ2) is 12.5. The molecule has 1 aromatic rings. The van der Waals surface area contributed by atoms with Crippen LogP contribution in [-0.2, 0) is 25.7 Å². The van der Waals surface area contributed by atoms with Gasteiger partial charge in [-0.1, -0.05) is 62.2 Å². The van der Waals surface area contributed by atoms with Crippen molar-refractivity contribution in [3.63, 3.8) is 0 Å². The Kier molecular flexibility index (Phi) is 9.28. The van der Waals surface area contributed by atoms with Gasteiger partial charge in [-0.3, -0.25) is 14.4 Å². The number of amides is 3. The molecule has 1 N–H and O–H groups in total. The highest BCUT2D eigenvalue weighted by molar-refractivity contribution is 5.99. The first-order valence-electron chi connectivity index (χ1n) is 14.3. The van der Waals surface area contributed by atoms with Crippen LogP contribution in [0.2, 0.25) is 0 Å². The molecule has 1 spiro atoms. The first-order chi connectivity index (χ1) is 18.8. The van der Waals surface area contributed by atoms with Crippen LogP contribution < -0.4 is 0 Å². The van der Waals surface area contributed by atoms with Gasteiger partial charge in [-0.05, 0) is 31.7 Å². The zero-order valence-electron chi connectivity index (χ0n) is 23.3. The molecule has 0 saturated carbocycles. The van der Waals surface area contributed by atoms with Crippen LogP contribution in [0.15, 0.2) is 55.6 Å². The summed E-state index contributed by atoms with van der Waals surface area (Å²) in [5.74, 6) is -2.08. The molecule has 4 rings (SSSR count). The molecule has 0 radical (unpaired) electrons. The topological polar surface area (TPSA) is 90.4 Å². The number of fused-ring (bicyclic) bond motifs is 1. The van der Waals surface area contributed by atoms with E-state index in [4.69, 9.17) is 4.74 Å². The number of carbonyl (C=O) groups excluding carboxylic acids is 3. The van der Waals surface area contributed by atoms with Gasteiger partial charge in [0.1, 0.15) is 11.6 Å². The van der Waals surface area contributed by atoms with Crippen molar-refractivity contribution in [2.45, 2.75) is 76.3 Å². The van der Waals surface area contributed by atoms with E-state index in [0.717, 1.165) is 24.8 Å². The minimum absolute atomic E-state index is 0.153. The van der Waals surface area contributed by atoms with Crippen LogP contribution in [0.5, 0.6) is 0 Å². The van der Waals surface area contributed by atoms with Gasteiger partial charge in [-0.2, -0.15) is 0 Å². The summed E-state index contributed by atoms with van der Waals surface area (Å²) in [6, 6.07) is 8.26. The maximum Gasteiger partial charge on any atom is 0.248 e. The molecule has 8 nitrogen and oxygen atoms in total. The van der Waals surface area contributed by atoms with E-state index < -0.39 is 35.6 Å². The summed E-state index contributed by atoms with van der Waals surface area (Å²) in [5.41, 5.74) is -0.0979. The third kappa shape index (κ3) is 5.29. The quantitative estimate of drug-likeness (QED) is 0.291. The first-order valence-corrected chi connectivity index (χ1v) is 14.3. The van der Waals surface area contributed by atoms with E-state index in [1.165, 1.54) is 4.90 Å². The third-order valence-electron chi connectivity index (χ3n) is 8.57. The molecule has 3 aliphatic rings. The Hall–Kier alpha value is -2.97. The number of carbonyl (C=O) groups is 3. The fourth-order valence-corrected chi connectivity index (χ4v) is 6.79. The third-order valence-corrected chi connectivity index (χ3v) is 8.57. The van der Waals surface area contributed by atoms with Crippen molar-refractivity contribution in [3.05, 3.63) is 61.2 Å². The van der Waals surface area contributed by atoms with E-state index in [1.807, 2.05) is 30.3 Å². The highest BCUT2D eigenvalue weighted by Gasteiger charge is 2.75. The standard InChI is InChI=1S/C31H43N3O5/c1-5-8-12-19-32(17-6-2)30(38)27-31-16-15-24(39-31)25(26(31)29(37)34(27)22(4)21-35)28(36)33(18-7-3)20-23-13-10-9-11-14-23/h6-7,9-11,13-14,22,24-27,35H,2-3,5,8,12,15-21H2,1,4H3/t22-,24-,25+,26+,27?,31?/m1/s1. The molecule has 3 aliphatic heterocycles. The fourth-order valence-electron chi connectivity index (χ4n) is 6.79. The number of unbranched alkanes of at least 4 members (excludes halogenated alkanes) is 2. The van der Waals surface area contributed by atoms with E-state index in [0.29, 0.717) is 39.0 Å². The lowest BCUT2D eigenvalue weighted by molar-refractivity contribution is -0.151. The number of rotatable bonds is 14. The summed E-state index contributed by atoms with van der Waals surface area (Å²) in [5, 5.41) is 10.1. The molecule has 8 heteroatoms. The van der Waals surface area contributed by atoms with Gasteiger partial charge in [0.25, 0.3) is 0 Å². The van der Waals surface area contributed by atoms with Crippen molar-refractivity contribution >= 4 is 17.7 Å². The summed E-state index contributed by atoms with van der Waals surface area (Å²) in [4.78, 5) is 47.4. The monoisotopic (exact) mass is 537 g/mol. The normalized spacial score (nSPS) is 27.8. The van der Waals surface area contributed by atoms with Crippen LogP contribution in [0.1, 0.15) is 51.5 Å². The predicted octanol–water partition coefficient (Wildman–Crippen LogP) is 3.16. The van der Waals surface area contributed by atoms with Gasteiger partial charge in [-0.15, -0.1) is 13.2 Å². The van der Waals surface area contributed by atoms with Crippen molar-refractivity contribution in [2.75, 3.05) is 26.2 Å². The largest absolute Gasteiger partial charge is 0.394 e. The first kappa shape index (κ1) is 29.0. The van der Waals surface area contributed by atoms with Gasteiger partial charge in [0.15, 0.2) is 0 Å². The van der Waals surface area contributed by atoms with E-state index >= 15 is 0 Å². The minimum atomic E-state index is -1.08. The Morgan fingerprint density at radius 1 is 1.15 bits per heavy atom. The van der Waals surface area contributed by atoms with Crippen LogP contribution in [0.4, 0.5) is 0 Å².